The van der Waals surface area contributed by atoms with E-state index in [9.17, 15) is 0 Å². The fourth-order valence-corrected chi connectivity index (χ4v) is 3.12. The highest BCUT2D eigenvalue weighted by Gasteiger charge is 2.32. The summed E-state index contributed by atoms with van der Waals surface area (Å²) in [6.07, 6.45) is 2.01. The Morgan fingerprint density at radius 1 is 1.42 bits per heavy atom. The number of anilines is 1. The van der Waals surface area contributed by atoms with Crippen LogP contribution in [-0.4, -0.2) is 48.1 Å². The highest BCUT2D eigenvalue weighted by atomic mass is 32.1. The maximum Gasteiger partial charge on any atom is 0.185 e. The van der Waals surface area contributed by atoms with Gasteiger partial charge in [0.1, 0.15) is 0 Å². The number of likely N-dealkylation sites (N-methyl/N-ethyl adjacent to an activating group) is 1. The second kappa shape index (κ2) is 5.77. The van der Waals surface area contributed by atoms with Crippen LogP contribution in [0.4, 0.5) is 5.13 Å². The van der Waals surface area contributed by atoms with Crippen molar-refractivity contribution < 1.29 is 0 Å². The first-order chi connectivity index (χ1) is 8.88. The fraction of sp³-hybridized carbons (Fsp3) is 0.786. The summed E-state index contributed by atoms with van der Waals surface area (Å²) in [7, 11) is 2.21. The van der Waals surface area contributed by atoms with E-state index in [2.05, 4.69) is 54.8 Å². The monoisotopic (exact) mass is 282 g/mol. The molecule has 1 aromatic rings. The SMILES string of the molecule is CC(C)NCc1cnc(N2CCN(C)C(C)(C)C2)s1. The molecule has 0 amide bonds. The highest BCUT2D eigenvalue weighted by Crippen LogP contribution is 2.28. The van der Waals surface area contributed by atoms with Crippen molar-refractivity contribution in [2.45, 2.75) is 45.8 Å². The molecule has 1 aliphatic heterocycles. The summed E-state index contributed by atoms with van der Waals surface area (Å²) in [5.74, 6) is 0. The van der Waals surface area contributed by atoms with Crippen LogP contribution < -0.4 is 10.2 Å². The minimum atomic E-state index is 0.222. The van der Waals surface area contributed by atoms with Gasteiger partial charge in [-0.3, -0.25) is 4.90 Å². The Morgan fingerprint density at radius 2 is 2.16 bits per heavy atom. The third kappa shape index (κ3) is 3.68. The van der Waals surface area contributed by atoms with E-state index in [1.807, 2.05) is 17.5 Å². The standard InChI is InChI=1S/C14H26N4S/c1-11(2)15-8-12-9-16-13(19-12)18-7-6-17(5)14(3,4)10-18/h9,11,15H,6-8,10H2,1-5H3. The lowest BCUT2D eigenvalue weighted by molar-refractivity contribution is 0.139. The number of hydrogen-bond donors (Lipinski definition) is 1. The maximum absolute atomic E-state index is 4.59. The van der Waals surface area contributed by atoms with Gasteiger partial charge in [-0.1, -0.05) is 13.8 Å². The molecule has 19 heavy (non-hydrogen) atoms. The van der Waals surface area contributed by atoms with Crippen LogP contribution in [-0.2, 0) is 6.54 Å². The van der Waals surface area contributed by atoms with E-state index in [0.29, 0.717) is 6.04 Å². The van der Waals surface area contributed by atoms with E-state index in [0.717, 1.165) is 26.2 Å². The van der Waals surface area contributed by atoms with Gasteiger partial charge in [-0.25, -0.2) is 4.98 Å². The summed E-state index contributed by atoms with van der Waals surface area (Å²) in [5, 5.41) is 4.61. The number of nitrogens with one attached hydrogen (secondary N) is 1. The molecule has 108 valence electrons. The number of aromatic nitrogens is 1. The molecule has 0 aromatic carbocycles. The van der Waals surface area contributed by atoms with Crippen molar-refractivity contribution in [2.75, 3.05) is 31.6 Å². The van der Waals surface area contributed by atoms with Crippen molar-refractivity contribution in [2.24, 2.45) is 0 Å². The molecule has 1 saturated heterocycles. The second-order valence-corrected chi connectivity index (χ2v) is 7.39. The van der Waals surface area contributed by atoms with Crippen LogP contribution in [0.1, 0.15) is 32.6 Å². The van der Waals surface area contributed by atoms with Gasteiger partial charge in [0.15, 0.2) is 5.13 Å². The second-order valence-electron chi connectivity index (χ2n) is 6.30. The third-order valence-electron chi connectivity index (χ3n) is 3.81. The number of nitrogens with zero attached hydrogens (tertiary/aromatic N) is 3. The molecule has 0 unspecified atom stereocenters. The highest BCUT2D eigenvalue weighted by molar-refractivity contribution is 7.15. The van der Waals surface area contributed by atoms with E-state index < -0.39 is 0 Å². The molecule has 5 heteroatoms. The average molecular weight is 282 g/mol. The molecular weight excluding hydrogens is 256 g/mol. The van der Waals surface area contributed by atoms with Gasteiger partial charge in [0, 0.05) is 48.8 Å². The van der Waals surface area contributed by atoms with Crippen LogP contribution in [0, 0.1) is 0 Å². The lowest BCUT2D eigenvalue weighted by atomic mass is 10.0. The van der Waals surface area contributed by atoms with Gasteiger partial charge in [-0.2, -0.15) is 0 Å². The largest absolute Gasteiger partial charge is 0.345 e. The van der Waals surface area contributed by atoms with Gasteiger partial charge in [0.05, 0.1) is 0 Å². The van der Waals surface area contributed by atoms with Crippen LogP contribution >= 0.6 is 11.3 Å². The van der Waals surface area contributed by atoms with Gasteiger partial charge in [0.2, 0.25) is 0 Å². The first-order valence-electron chi connectivity index (χ1n) is 7.03. The Kier molecular flexibility index (Phi) is 4.48. The zero-order chi connectivity index (χ0) is 14.0. The van der Waals surface area contributed by atoms with Gasteiger partial charge < -0.3 is 10.2 Å². The summed E-state index contributed by atoms with van der Waals surface area (Å²) < 4.78 is 0. The quantitative estimate of drug-likeness (QED) is 0.917. The molecule has 1 aliphatic rings. The molecule has 1 aromatic heterocycles. The fourth-order valence-electron chi connectivity index (χ4n) is 2.23. The molecule has 1 fully saturated rings. The molecular formula is C14H26N4S. The smallest absolute Gasteiger partial charge is 0.185 e. The van der Waals surface area contributed by atoms with Crippen molar-refractivity contribution in [3.05, 3.63) is 11.1 Å². The Balaban J connectivity index is 1.99. The number of thiazole rings is 1. The molecule has 4 nitrogen and oxygen atoms in total. The Bertz CT molecular complexity index is 413. The van der Waals surface area contributed by atoms with Crippen molar-refractivity contribution in [3.8, 4) is 0 Å². The minimum Gasteiger partial charge on any atom is -0.345 e. The predicted octanol–water partition coefficient (Wildman–Crippen LogP) is 2.17. The van der Waals surface area contributed by atoms with Crippen LogP contribution in [0.3, 0.4) is 0 Å². The van der Waals surface area contributed by atoms with Crippen LogP contribution in [0.5, 0.6) is 0 Å². The van der Waals surface area contributed by atoms with Crippen molar-refractivity contribution in [1.82, 2.24) is 15.2 Å². The first-order valence-corrected chi connectivity index (χ1v) is 7.84. The molecule has 2 heterocycles. The summed E-state index contributed by atoms with van der Waals surface area (Å²) in [6, 6.07) is 0.521. The van der Waals surface area contributed by atoms with Crippen molar-refractivity contribution in [3.63, 3.8) is 0 Å². The molecule has 0 radical (unpaired) electrons. The van der Waals surface area contributed by atoms with Gasteiger partial charge in [-0.05, 0) is 20.9 Å². The maximum atomic E-state index is 4.59. The molecule has 0 aliphatic carbocycles. The van der Waals surface area contributed by atoms with Crippen LogP contribution in [0.15, 0.2) is 6.20 Å². The van der Waals surface area contributed by atoms with Gasteiger partial charge in [-0.15, -0.1) is 11.3 Å². The van der Waals surface area contributed by atoms with Crippen molar-refractivity contribution >= 4 is 16.5 Å². The predicted molar refractivity (Wildman–Crippen MR) is 83.0 cm³/mol. The molecule has 2 rings (SSSR count). The average Bonchev–Trinajstić information content (AvgIpc) is 2.78. The third-order valence-corrected chi connectivity index (χ3v) is 4.87. The topological polar surface area (TPSA) is 31.4 Å². The Morgan fingerprint density at radius 3 is 2.79 bits per heavy atom. The molecule has 0 saturated carbocycles. The zero-order valence-corrected chi connectivity index (χ0v) is 13.5. The summed E-state index contributed by atoms with van der Waals surface area (Å²) in [4.78, 5) is 10.8. The van der Waals surface area contributed by atoms with E-state index in [1.165, 1.54) is 10.0 Å². The summed E-state index contributed by atoms with van der Waals surface area (Å²) >= 11 is 1.82. The first kappa shape index (κ1) is 14.8. The van der Waals surface area contributed by atoms with Crippen molar-refractivity contribution in [1.29, 1.82) is 0 Å². The van der Waals surface area contributed by atoms with E-state index in [-0.39, 0.29) is 5.54 Å². The molecule has 0 atom stereocenters. The van der Waals surface area contributed by atoms with Crippen LogP contribution in [0.2, 0.25) is 0 Å². The molecule has 0 bridgehead atoms. The Hall–Kier alpha value is -0.650. The van der Waals surface area contributed by atoms with Gasteiger partial charge >= 0.3 is 0 Å². The number of rotatable bonds is 4. The van der Waals surface area contributed by atoms with Crippen LogP contribution in [0.25, 0.3) is 0 Å². The summed E-state index contributed by atoms with van der Waals surface area (Å²) in [6.45, 7) is 13.1. The molecule has 1 N–H and O–H groups in total. The number of piperazine rings is 1. The van der Waals surface area contributed by atoms with E-state index in [1.54, 1.807) is 0 Å². The zero-order valence-electron chi connectivity index (χ0n) is 12.7. The lowest BCUT2D eigenvalue weighted by Gasteiger charge is -2.45. The van der Waals surface area contributed by atoms with E-state index in [4.69, 9.17) is 0 Å². The normalized spacial score (nSPS) is 20.2. The Labute approximate surface area is 120 Å². The number of hydrogen-bond acceptors (Lipinski definition) is 5. The van der Waals surface area contributed by atoms with E-state index >= 15 is 0 Å². The molecule has 0 spiro atoms. The van der Waals surface area contributed by atoms with Gasteiger partial charge in [0.25, 0.3) is 0 Å². The minimum absolute atomic E-state index is 0.222. The summed E-state index contributed by atoms with van der Waals surface area (Å²) in [5.41, 5.74) is 0.222. The lowest BCUT2D eigenvalue weighted by Crippen LogP contribution is -2.57.